The molecule has 0 radical (unpaired) electrons. The van der Waals surface area contributed by atoms with Crippen LogP contribution in [-0.4, -0.2) is 36.5 Å². The monoisotopic (exact) mass is 457 g/mol. The van der Waals surface area contributed by atoms with Crippen LogP contribution >= 0.6 is 0 Å². The van der Waals surface area contributed by atoms with Gasteiger partial charge in [0, 0.05) is 32.1 Å². The third-order valence-corrected chi connectivity index (χ3v) is 6.99. The Kier molecular flexibility index (Phi) is 6.57. The molecule has 9 heteroatoms. The normalized spacial score (nSPS) is 15.0. The molecule has 2 heterocycles. The highest BCUT2D eigenvalue weighted by atomic mass is 32.2. The highest BCUT2D eigenvalue weighted by Crippen LogP contribution is 2.27. The zero-order valence-corrected chi connectivity index (χ0v) is 17.9. The lowest BCUT2D eigenvalue weighted by Gasteiger charge is -2.26. The number of oxime groups is 1. The lowest BCUT2D eigenvalue weighted by Crippen LogP contribution is -2.39. The standard InChI is InChI=1S/C23H21F2N3O3S/c24-19-8-4-17(5-9-19)23(18-6-10-20(25)11-7-18)31-27-21-12-15-28(16-13-21)32(29,30)22-3-1-2-14-26-22/h1-11,14,23H,12-13,15-16H2. The smallest absolute Gasteiger partial charge is 0.260 e. The van der Waals surface area contributed by atoms with Gasteiger partial charge < -0.3 is 4.84 Å². The van der Waals surface area contributed by atoms with Gasteiger partial charge in [-0.2, -0.15) is 4.31 Å². The fourth-order valence-corrected chi connectivity index (χ4v) is 4.80. The summed E-state index contributed by atoms with van der Waals surface area (Å²) in [5.41, 5.74) is 2.04. The van der Waals surface area contributed by atoms with E-state index in [-0.39, 0.29) is 29.7 Å². The predicted octanol–water partition coefficient (Wildman–Crippen LogP) is 4.31. The summed E-state index contributed by atoms with van der Waals surface area (Å²) in [5.74, 6) is -0.751. The number of aromatic nitrogens is 1. The topological polar surface area (TPSA) is 71.9 Å². The minimum Gasteiger partial charge on any atom is -0.383 e. The second-order valence-electron chi connectivity index (χ2n) is 7.32. The number of piperidine rings is 1. The van der Waals surface area contributed by atoms with Gasteiger partial charge in [-0.25, -0.2) is 22.2 Å². The van der Waals surface area contributed by atoms with Gasteiger partial charge in [0.1, 0.15) is 11.6 Å². The van der Waals surface area contributed by atoms with Gasteiger partial charge in [-0.15, -0.1) is 0 Å². The van der Waals surface area contributed by atoms with Gasteiger partial charge in [-0.3, -0.25) is 0 Å². The van der Waals surface area contributed by atoms with Gasteiger partial charge in [0.05, 0.1) is 5.71 Å². The van der Waals surface area contributed by atoms with E-state index in [1.165, 1.54) is 40.8 Å². The van der Waals surface area contributed by atoms with Crippen molar-refractivity contribution in [1.82, 2.24) is 9.29 Å². The van der Waals surface area contributed by atoms with E-state index in [2.05, 4.69) is 10.1 Å². The number of pyridine rings is 1. The first-order valence-corrected chi connectivity index (χ1v) is 11.5. The summed E-state index contributed by atoms with van der Waals surface area (Å²) in [4.78, 5) is 9.75. The van der Waals surface area contributed by atoms with Gasteiger partial charge in [-0.05, 0) is 47.5 Å². The van der Waals surface area contributed by atoms with Crippen molar-refractivity contribution >= 4 is 15.7 Å². The van der Waals surface area contributed by atoms with Gasteiger partial charge in [0.2, 0.25) is 0 Å². The second kappa shape index (κ2) is 9.54. The molecule has 1 aliphatic heterocycles. The fourth-order valence-electron chi connectivity index (χ4n) is 3.42. The van der Waals surface area contributed by atoms with Crippen LogP contribution in [0.1, 0.15) is 30.1 Å². The van der Waals surface area contributed by atoms with Crippen molar-refractivity contribution in [1.29, 1.82) is 0 Å². The van der Waals surface area contributed by atoms with E-state index in [0.29, 0.717) is 29.7 Å². The molecular weight excluding hydrogens is 436 g/mol. The quantitative estimate of drug-likeness (QED) is 0.517. The van der Waals surface area contributed by atoms with Gasteiger partial charge >= 0.3 is 0 Å². The Balaban J connectivity index is 1.48. The van der Waals surface area contributed by atoms with Crippen LogP contribution < -0.4 is 0 Å². The second-order valence-corrected chi connectivity index (χ2v) is 9.20. The summed E-state index contributed by atoms with van der Waals surface area (Å²) in [6.45, 7) is 0.526. The summed E-state index contributed by atoms with van der Waals surface area (Å²) in [7, 11) is -3.66. The van der Waals surface area contributed by atoms with Gasteiger partial charge in [0.25, 0.3) is 10.0 Å². The predicted molar refractivity (Wildman–Crippen MR) is 115 cm³/mol. The molecule has 32 heavy (non-hydrogen) atoms. The third kappa shape index (κ3) is 5.00. The summed E-state index contributed by atoms with van der Waals surface area (Å²) in [6, 6.07) is 16.4. The Hall–Kier alpha value is -3.17. The van der Waals surface area contributed by atoms with Crippen LogP contribution in [0.2, 0.25) is 0 Å². The average Bonchev–Trinajstić information content (AvgIpc) is 2.82. The first kappa shape index (κ1) is 22.0. The van der Waals surface area contributed by atoms with Crippen LogP contribution in [0.5, 0.6) is 0 Å². The summed E-state index contributed by atoms with van der Waals surface area (Å²) < 4.78 is 53.5. The largest absolute Gasteiger partial charge is 0.383 e. The summed E-state index contributed by atoms with van der Waals surface area (Å²) in [6.07, 6.45) is 1.61. The molecule has 1 aliphatic rings. The Labute approximate surface area is 185 Å². The number of sulfonamides is 1. The maximum atomic E-state index is 13.4. The Morgan fingerprint density at radius 2 is 1.44 bits per heavy atom. The number of benzene rings is 2. The van der Waals surface area contributed by atoms with Crippen LogP contribution in [0, 0.1) is 11.6 Å². The van der Waals surface area contributed by atoms with Crippen molar-refractivity contribution in [3.63, 3.8) is 0 Å². The SMILES string of the molecule is O=S(=O)(c1ccccn1)N1CCC(=NOC(c2ccc(F)cc2)c2ccc(F)cc2)CC1. The minimum atomic E-state index is -3.66. The van der Waals surface area contributed by atoms with E-state index in [1.807, 2.05) is 0 Å². The van der Waals surface area contributed by atoms with Crippen LogP contribution in [-0.2, 0) is 14.9 Å². The average molecular weight is 458 g/mol. The van der Waals surface area contributed by atoms with E-state index in [1.54, 1.807) is 36.4 Å². The van der Waals surface area contributed by atoms with Crippen molar-refractivity contribution in [2.75, 3.05) is 13.1 Å². The van der Waals surface area contributed by atoms with Gasteiger partial charge in [-0.1, -0.05) is 35.5 Å². The molecule has 6 nitrogen and oxygen atoms in total. The molecule has 0 amide bonds. The molecule has 4 rings (SSSR count). The van der Waals surface area contributed by atoms with Crippen LogP contribution in [0.4, 0.5) is 8.78 Å². The molecule has 0 atom stereocenters. The lowest BCUT2D eigenvalue weighted by atomic mass is 10.0. The van der Waals surface area contributed by atoms with Crippen molar-refractivity contribution < 1.29 is 22.0 Å². The zero-order valence-electron chi connectivity index (χ0n) is 17.1. The van der Waals surface area contributed by atoms with Crippen LogP contribution in [0.15, 0.2) is 83.1 Å². The van der Waals surface area contributed by atoms with Gasteiger partial charge in [0.15, 0.2) is 11.1 Å². The molecule has 0 unspecified atom stereocenters. The highest BCUT2D eigenvalue weighted by molar-refractivity contribution is 7.89. The van der Waals surface area contributed by atoms with Crippen molar-refractivity contribution in [2.24, 2.45) is 5.16 Å². The maximum absolute atomic E-state index is 13.4. The summed E-state index contributed by atoms with van der Waals surface area (Å²) >= 11 is 0. The number of nitrogens with zero attached hydrogens (tertiary/aromatic N) is 3. The van der Waals surface area contributed by atoms with Crippen molar-refractivity contribution in [2.45, 2.75) is 24.0 Å². The number of rotatable bonds is 6. The van der Waals surface area contributed by atoms with E-state index < -0.39 is 16.1 Å². The van der Waals surface area contributed by atoms with Crippen LogP contribution in [0.3, 0.4) is 0 Å². The first-order chi connectivity index (χ1) is 15.4. The Morgan fingerprint density at radius 3 is 1.94 bits per heavy atom. The molecule has 0 aliphatic carbocycles. The fraction of sp³-hybridized carbons (Fsp3) is 0.217. The zero-order chi connectivity index (χ0) is 22.6. The molecule has 1 aromatic heterocycles. The van der Waals surface area contributed by atoms with E-state index >= 15 is 0 Å². The first-order valence-electron chi connectivity index (χ1n) is 10.1. The molecule has 3 aromatic rings. The highest BCUT2D eigenvalue weighted by Gasteiger charge is 2.29. The molecule has 0 bridgehead atoms. The van der Waals surface area contributed by atoms with Crippen LogP contribution in [0.25, 0.3) is 0 Å². The lowest BCUT2D eigenvalue weighted by molar-refractivity contribution is 0.0855. The molecule has 0 saturated carbocycles. The molecule has 1 saturated heterocycles. The third-order valence-electron chi connectivity index (χ3n) is 5.17. The van der Waals surface area contributed by atoms with E-state index in [0.717, 1.165) is 0 Å². The minimum absolute atomic E-state index is 0.0179. The number of hydrogen-bond acceptors (Lipinski definition) is 5. The van der Waals surface area contributed by atoms with Crippen molar-refractivity contribution in [3.05, 3.63) is 95.7 Å². The maximum Gasteiger partial charge on any atom is 0.260 e. The Morgan fingerprint density at radius 1 is 0.875 bits per heavy atom. The molecule has 0 spiro atoms. The molecular formula is C23H21F2N3O3S. The number of halogens is 2. The molecule has 166 valence electrons. The molecule has 1 fully saturated rings. The van der Waals surface area contributed by atoms with E-state index in [9.17, 15) is 17.2 Å². The molecule has 0 N–H and O–H groups in total. The number of hydrogen-bond donors (Lipinski definition) is 0. The van der Waals surface area contributed by atoms with E-state index in [4.69, 9.17) is 4.84 Å². The molecule has 2 aromatic carbocycles. The van der Waals surface area contributed by atoms with Crippen molar-refractivity contribution in [3.8, 4) is 0 Å². The summed E-state index contributed by atoms with van der Waals surface area (Å²) in [5, 5.41) is 4.28. The Bertz CT molecular complexity index is 1130.